The first-order valence-electron chi connectivity index (χ1n) is 4.63. The fourth-order valence-corrected chi connectivity index (χ4v) is 1.38. The minimum atomic E-state index is -0.838. The molecule has 0 aliphatic carbocycles. The third-order valence-corrected chi connectivity index (χ3v) is 2.25. The van der Waals surface area contributed by atoms with Crippen molar-refractivity contribution in [2.24, 2.45) is 0 Å². The summed E-state index contributed by atoms with van der Waals surface area (Å²) in [5.74, 6) is -0.514. The van der Waals surface area contributed by atoms with Gasteiger partial charge in [-0.25, -0.2) is 0 Å². The van der Waals surface area contributed by atoms with Crippen LogP contribution in [0.3, 0.4) is 0 Å². The average molecular weight is 210 g/mol. The molecule has 82 valence electrons. The van der Waals surface area contributed by atoms with Crippen LogP contribution in [0.1, 0.15) is 24.8 Å². The van der Waals surface area contributed by atoms with Crippen molar-refractivity contribution in [3.8, 4) is 11.5 Å². The lowest BCUT2D eigenvalue weighted by Gasteiger charge is -2.11. The molecular formula is C11H14O4. The molecule has 0 heterocycles. The molecule has 0 fully saturated rings. The molecule has 0 aliphatic heterocycles. The smallest absolute Gasteiger partial charge is 0.303 e. The van der Waals surface area contributed by atoms with E-state index in [1.165, 1.54) is 13.2 Å². The zero-order chi connectivity index (χ0) is 11.4. The van der Waals surface area contributed by atoms with E-state index in [0.717, 1.165) is 5.56 Å². The van der Waals surface area contributed by atoms with Gasteiger partial charge in [-0.05, 0) is 23.6 Å². The largest absolute Gasteiger partial charge is 0.504 e. The molecule has 0 aromatic heterocycles. The Morgan fingerprint density at radius 1 is 1.53 bits per heavy atom. The highest BCUT2D eigenvalue weighted by Crippen LogP contribution is 2.30. The highest BCUT2D eigenvalue weighted by molar-refractivity contribution is 5.68. The number of carboxylic acid groups (broad SMARTS) is 1. The van der Waals surface area contributed by atoms with Gasteiger partial charge >= 0.3 is 5.97 Å². The van der Waals surface area contributed by atoms with Crippen LogP contribution in [0.25, 0.3) is 0 Å². The van der Waals surface area contributed by atoms with Crippen molar-refractivity contribution in [2.45, 2.75) is 19.3 Å². The number of phenolic OH excluding ortho intramolecular Hbond substituents is 1. The third-order valence-electron chi connectivity index (χ3n) is 2.25. The molecule has 2 N–H and O–H groups in total. The second-order valence-corrected chi connectivity index (χ2v) is 3.43. The molecule has 0 saturated carbocycles. The van der Waals surface area contributed by atoms with Gasteiger partial charge in [0.15, 0.2) is 11.5 Å². The summed E-state index contributed by atoms with van der Waals surface area (Å²) in [5, 5.41) is 18.0. The number of phenols is 1. The Kier molecular flexibility index (Phi) is 3.55. The van der Waals surface area contributed by atoms with E-state index in [-0.39, 0.29) is 18.1 Å². The number of rotatable bonds is 4. The number of aliphatic carboxylic acids is 1. The predicted octanol–water partition coefficient (Wildman–Crippen LogP) is 1.98. The second-order valence-electron chi connectivity index (χ2n) is 3.43. The molecule has 1 atom stereocenters. The number of methoxy groups -OCH3 is 1. The predicted molar refractivity (Wildman–Crippen MR) is 55.3 cm³/mol. The SMILES string of the molecule is COc1cc(C(C)CC(=O)O)ccc1O. The molecule has 1 rings (SSSR count). The molecule has 0 radical (unpaired) electrons. The molecular weight excluding hydrogens is 196 g/mol. The fraction of sp³-hybridized carbons (Fsp3) is 0.364. The molecule has 1 unspecified atom stereocenters. The van der Waals surface area contributed by atoms with E-state index < -0.39 is 5.97 Å². The number of aromatic hydroxyl groups is 1. The minimum absolute atomic E-state index is 0.0591. The molecule has 0 spiro atoms. The summed E-state index contributed by atoms with van der Waals surface area (Å²) < 4.78 is 4.94. The molecule has 0 saturated heterocycles. The summed E-state index contributed by atoms with van der Waals surface area (Å²) in [6.45, 7) is 1.82. The number of hydrogen-bond donors (Lipinski definition) is 2. The fourth-order valence-electron chi connectivity index (χ4n) is 1.38. The normalized spacial score (nSPS) is 12.1. The van der Waals surface area contributed by atoms with Gasteiger partial charge in [-0.1, -0.05) is 13.0 Å². The number of hydrogen-bond acceptors (Lipinski definition) is 3. The minimum Gasteiger partial charge on any atom is -0.504 e. The van der Waals surface area contributed by atoms with Gasteiger partial charge in [-0.3, -0.25) is 4.79 Å². The highest BCUT2D eigenvalue weighted by atomic mass is 16.5. The van der Waals surface area contributed by atoms with Crippen molar-refractivity contribution in [3.63, 3.8) is 0 Å². The topological polar surface area (TPSA) is 66.8 Å². The molecule has 1 aromatic rings. The summed E-state index contributed by atoms with van der Waals surface area (Å²) in [7, 11) is 1.46. The Balaban J connectivity index is 2.90. The number of ether oxygens (including phenoxy) is 1. The van der Waals surface area contributed by atoms with Crippen molar-refractivity contribution in [1.29, 1.82) is 0 Å². The zero-order valence-electron chi connectivity index (χ0n) is 8.73. The van der Waals surface area contributed by atoms with Crippen LogP contribution < -0.4 is 4.74 Å². The van der Waals surface area contributed by atoms with E-state index in [1.807, 2.05) is 6.92 Å². The standard InChI is InChI=1S/C11H14O4/c1-7(5-11(13)14)8-3-4-9(12)10(6-8)15-2/h3-4,6-7,12H,5H2,1-2H3,(H,13,14). The van der Waals surface area contributed by atoms with Gasteiger partial charge in [0.25, 0.3) is 0 Å². The van der Waals surface area contributed by atoms with Gasteiger partial charge in [-0.2, -0.15) is 0 Å². The Hall–Kier alpha value is -1.71. The molecule has 0 bridgehead atoms. The van der Waals surface area contributed by atoms with E-state index in [1.54, 1.807) is 12.1 Å². The van der Waals surface area contributed by atoms with Crippen LogP contribution >= 0.6 is 0 Å². The first-order valence-corrected chi connectivity index (χ1v) is 4.63. The van der Waals surface area contributed by atoms with E-state index in [4.69, 9.17) is 9.84 Å². The van der Waals surface area contributed by atoms with Crippen LogP contribution in [0.4, 0.5) is 0 Å². The molecule has 4 heteroatoms. The quantitative estimate of drug-likeness (QED) is 0.797. The first-order chi connectivity index (χ1) is 7.04. The molecule has 0 aliphatic rings. The number of benzene rings is 1. The van der Waals surface area contributed by atoms with Crippen LogP contribution in [0.5, 0.6) is 11.5 Å². The van der Waals surface area contributed by atoms with E-state index in [0.29, 0.717) is 5.75 Å². The van der Waals surface area contributed by atoms with Gasteiger partial charge in [0.1, 0.15) is 0 Å². The second kappa shape index (κ2) is 4.68. The Morgan fingerprint density at radius 3 is 2.73 bits per heavy atom. The van der Waals surface area contributed by atoms with Gasteiger partial charge in [0.05, 0.1) is 13.5 Å². The molecule has 0 amide bonds. The average Bonchev–Trinajstić information content (AvgIpc) is 2.17. The van der Waals surface area contributed by atoms with E-state index >= 15 is 0 Å². The van der Waals surface area contributed by atoms with Gasteiger partial charge in [-0.15, -0.1) is 0 Å². The van der Waals surface area contributed by atoms with Crippen molar-refractivity contribution in [3.05, 3.63) is 23.8 Å². The van der Waals surface area contributed by atoms with Crippen LogP contribution in [-0.2, 0) is 4.79 Å². The van der Waals surface area contributed by atoms with Crippen molar-refractivity contribution < 1.29 is 19.7 Å². The summed E-state index contributed by atoms with van der Waals surface area (Å²) in [5.41, 5.74) is 0.840. The van der Waals surface area contributed by atoms with Crippen molar-refractivity contribution in [1.82, 2.24) is 0 Å². The summed E-state index contributed by atoms with van der Waals surface area (Å²) in [6.07, 6.45) is 0.0634. The van der Waals surface area contributed by atoms with Crippen LogP contribution in [0, 0.1) is 0 Å². The van der Waals surface area contributed by atoms with Gasteiger partial charge in [0, 0.05) is 0 Å². The van der Waals surface area contributed by atoms with Crippen LogP contribution in [-0.4, -0.2) is 23.3 Å². The lowest BCUT2D eigenvalue weighted by atomic mass is 9.97. The lowest BCUT2D eigenvalue weighted by Crippen LogP contribution is -2.02. The Morgan fingerprint density at radius 2 is 2.20 bits per heavy atom. The van der Waals surface area contributed by atoms with Crippen LogP contribution in [0.2, 0.25) is 0 Å². The Bertz CT molecular complexity index is 360. The molecule has 15 heavy (non-hydrogen) atoms. The molecule has 4 nitrogen and oxygen atoms in total. The Labute approximate surface area is 88.1 Å². The van der Waals surface area contributed by atoms with E-state index in [9.17, 15) is 9.90 Å². The van der Waals surface area contributed by atoms with Crippen LogP contribution in [0.15, 0.2) is 18.2 Å². The number of carboxylic acids is 1. The zero-order valence-corrected chi connectivity index (χ0v) is 8.73. The first kappa shape index (κ1) is 11.4. The van der Waals surface area contributed by atoms with Crippen molar-refractivity contribution in [2.75, 3.05) is 7.11 Å². The van der Waals surface area contributed by atoms with Crippen molar-refractivity contribution >= 4 is 5.97 Å². The third kappa shape index (κ3) is 2.87. The lowest BCUT2D eigenvalue weighted by molar-refractivity contribution is -0.137. The summed E-state index contributed by atoms with van der Waals surface area (Å²) >= 11 is 0. The van der Waals surface area contributed by atoms with Gasteiger partial charge in [0.2, 0.25) is 0 Å². The monoisotopic (exact) mass is 210 g/mol. The van der Waals surface area contributed by atoms with Gasteiger partial charge < -0.3 is 14.9 Å². The van der Waals surface area contributed by atoms with E-state index in [2.05, 4.69) is 0 Å². The molecule has 1 aromatic carbocycles. The summed E-state index contributed by atoms with van der Waals surface area (Å²) in [6, 6.07) is 4.86. The maximum atomic E-state index is 10.5. The summed E-state index contributed by atoms with van der Waals surface area (Å²) in [4.78, 5) is 10.5. The number of carbonyl (C=O) groups is 1. The maximum absolute atomic E-state index is 10.5. The highest BCUT2D eigenvalue weighted by Gasteiger charge is 2.12. The maximum Gasteiger partial charge on any atom is 0.303 e.